The number of nitrogens with one attached hydrogen (secondary N) is 2. The number of carbonyl (C=O) groups is 3. The molecule has 18 heavy (non-hydrogen) atoms. The largest absolute Gasteiger partial charge is 0.481 e. The van der Waals surface area contributed by atoms with E-state index in [1.807, 2.05) is 7.05 Å². The van der Waals surface area contributed by atoms with Crippen molar-refractivity contribution < 1.29 is 19.5 Å². The zero-order valence-electron chi connectivity index (χ0n) is 10.3. The molecule has 3 N–H and O–H groups in total. The summed E-state index contributed by atoms with van der Waals surface area (Å²) in [5.41, 5.74) is 2.55. The van der Waals surface area contributed by atoms with Crippen molar-refractivity contribution in [3.8, 4) is 0 Å². The number of hydrazine groups is 1. The normalized spacial score (nSPS) is 17.2. The molecule has 0 unspecified atom stereocenters. The van der Waals surface area contributed by atoms with Gasteiger partial charge in [-0.15, -0.1) is 0 Å². The molecule has 0 aromatic heterocycles. The molecular formula is C10H18N4O4. The highest BCUT2D eigenvalue weighted by Crippen LogP contribution is 1.95. The Morgan fingerprint density at radius 2 is 1.72 bits per heavy atom. The van der Waals surface area contributed by atoms with E-state index in [4.69, 9.17) is 5.11 Å². The second-order valence-corrected chi connectivity index (χ2v) is 4.17. The molecule has 0 aromatic rings. The van der Waals surface area contributed by atoms with Crippen LogP contribution in [0.25, 0.3) is 0 Å². The summed E-state index contributed by atoms with van der Waals surface area (Å²) < 4.78 is 0. The first-order chi connectivity index (χ1) is 8.47. The van der Waals surface area contributed by atoms with Gasteiger partial charge in [0.2, 0.25) is 5.91 Å². The SMILES string of the molecule is CN1CCN(NC(=O)NC(=O)CCC(=O)O)CC1. The van der Waals surface area contributed by atoms with E-state index in [9.17, 15) is 14.4 Å². The summed E-state index contributed by atoms with van der Waals surface area (Å²) in [6.45, 7) is 3.06. The van der Waals surface area contributed by atoms with Crippen LogP contribution in [0.4, 0.5) is 4.79 Å². The lowest BCUT2D eigenvalue weighted by Crippen LogP contribution is -2.55. The molecule has 8 heteroatoms. The molecule has 0 aliphatic carbocycles. The Morgan fingerprint density at radius 1 is 1.11 bits per heavy atom. The van der Waals surface area contributed by atoms with E-state index >= 15 is 0 Å². The fraction of sp³-hybridized carbons (Fsp3) is 0.700. The minimum atomic E-state index is -1.07. The van der Waals surface area contributed by atoms with E-state index < -0.39 is 17.9 Å². The zero-order valence-corrected chi connectivity index (χ0v) is 10.3. The average Bonchev–Trinajstić information content (AvgIpc) is 2.29. The number of likely N-dealkylation sites (N-methyl/N-ethyl adjacent to an activating group) is 1. The van der Waals surface area contributed by atoms with Crippen molar-refractivity contribution >= 4 is 17.9 Å². The van der Waals surface area contributed by atoms with Crippen molar-refractivity contribution in [3.05, 3.63) is 0 Å². The molecule has 102 valence electrons. The Hall–Kier alpha value is -1.67. The second-order valence-electron chi connectivity index (χ2n) is 4.17. The van der Waals surface area contributed by atoms with Gasteiger partial charge in [0.15, 0.2) is 0 Å². The van der Waals surface area contributed by atoms with Gasteiger partial charge in [0, 0.05) is 32.6 Å². The molecule has 0 atom stereocenters. The van der Waals surface area contributed by atoms with E-state index in [-0.39, 0.29) is 12.8 Å². The lowest BCUT2D eigenvalue weighted by atomic mass is 10.3. The molecule has 1 aliphatic rings. The van der Waals surface area contributed by atoms with Gasteiger partial charge >= 0.3 is 12.0 Å². The molecule has 0 aromatic carbocycles. The number of carbonyl (C=O) groups excluding carboxylic acids is 2. The number of urea groups is 1. The lowest BCUT2D eigenvalue weighted by molar-refractivity contribution is -0.138. The zero-order chi connectivity index (χ0) is 13.5. The van der Waals surface area contributed by atoms with Crippen molar-refractivity contribution in [1.82, 2.24) is 20.7 Å². The van der Waals surface area contributed by atoms with Crippen LogP contribution in [0.3, 0.4) is 0 Å². The summed E-state index contributed by atoms with van der Waals surface area (Å²) in [4.78, 5) is 35.0. The van der Waals surface area contributed by atoms with Crippen LogP contribution < -0.4 is 10.7 Å². The van der Waals surface area contributed by atoms with Gasteiger partial charge in [-0.25, -0.2) is 9.80 Å². The molecule has 1 fully saturated rings. The highest BCUT2D eigenvalue weighted by Gasteiger charge is 2.16. The van der Waals surface area contributed by atoms with E-state index in [0.29, 0.717) is 13.1 Å². The lowest BCUT2D eigenvalue weighted by Gasteiger charge is -2.32. The standard InChI is InChI=1S/C10H18N4O4/c1-13-4-6-14(7-5-13)12-10(18)11-8(15)2-3-9(16)17/h2-7H2,1H3,(H,16,17)(H2,11,12,15,18). The van der Waals surface area contributed by atoms with E-state index in [1.165, 1.54) is 0 Å². The minimum absolute atomic E-state index is 0.203. The Kier molecular flexibility index (Phi) is 5.53. The summed E-state index contributed by atoms with van der Waals surface area (Å²) in [7, 11) is 1.99. The first-order valence-corrected chi connectivity index (χ1v) is 5.73. The van der Waals surface area contributed by atoms with Gasteiger partial charge in [0.05, 0.1) is 6.42 Å². The van der Waals surface area contributed by atoms with Crippen LogP contribution in [0, 0.1) is 0 Å². The van der Waals surface area contributed by atoms with E-state index in [0.717, 1.165) is 13.1 Å². The highest BCUT2D eigenvalue weighted by molar-refractivity contribution is 5.95. The predicted molar refractivity (Wildman–Crippen MR) is 62.6 cm³/mol. The summed E-state index contributed by atoms with van der Waals surface area (Å²) in [6, 6.07) is -0.616. The fourth-order valence-corrected chi connectivity index (χ4v) is 1.50. The maximum Gasteiger partial charge on any atom is 0.335 e. The van der Waals surface area contributed by atoms with Gasteiger partial charge in [-0.1, -0.05) is 0 Å². The first kappa shape index (κ1) is 14.4. The monoisotopic (exact) mass is 258 g/mol. The van der Waals surface area contributed by atoms with E-state index in [2.05, 4.69) is 15.6 Å². The maximum absolute atomic E-state index is 11.4. The van der Waals surface area contributed by atoms with E-state index in [1.54, 1.807) is 5.01 Å². The number of carboxylic acids is 1. The van der Waals surface area contributed by atoms with Crippen molar-refractivity contribution in [2.75, 3.05) is 33.2 Å². The molecule has 0 spiro atoms. The summed E-state index contributed by atoms with van der Waals surface area (Å²) in [6.07, 6.45) is -0.487. The number of piperazine rings is 1. The predicted octanol–water partition coefficient (Wildman–Crippen LogP) is -1.16. The van der Waals surface area contributed by atoms with Gasteiger partial charge < -0.3 is 10.0 Å². The Morgan fingerprint density at radius 3 is 2.28 bits per heavy atom. The number of rotatable bonds is 4. The number of hydrogen-bond donors (Lipinski definition) is 3. The van der Waals surface area contributed by atoms with Gasteiger partial charge in [-0.05, 0) is 7.05 Å². The molecular weight excluding hydrogens is 240 g/mol. The number of imide groups is 1. The van der Waals surface area contributed by atoms with Crippen LogP contribution in [0.1, 0.15) is 12.8 Å². The highest BCUT2D eigenvalue weighted by atomic mass is 16.4. The van der Waals surface area contributed by atoms with Crippen molar-refractivity contribution in [1.29, 1.82) is 0 Å². The molecule has 8 nitrogen and oxygen atoms in total. The number of carboxylic acid groups (broad SMARTS) is 1. The minimum Gasteiger partial charge on any atom is -0.481 e. The molecule has 1 aliphatic heterocycles. The molecule has 3 amide bonds. The van der Waals surface area contributed by atoms with Gasteiger partial charge in [-0.3, -0.25) is 20.3 Å². The van der Waals surface area contributed by atoms with Crippen LogP contribution in [0.5, 0.6) is 0 Å². The van der Waals surface area contributed by atoms with Gasteiger partial charge in [-0.2, -0.15) is 0 Å². The molecule has 1 heterocycles. The van der Waals surface area contributed by atoms with Crippen LogP contribution >= 0.6 is 0 Å². The van der Waals surface area contributed by atoms with Gasteiger partial charge in [0.25, 0.3) is 0 Å². The molecule has 1 rings (SSSR count). The third-order valence-electron chi connectivity index (χ3n) is 2.58. The average molecular weight is 258 g/mol. The number of hydrogen-bond acceptors (Lipinski definition) is 5. The third kappa shape index (κ3) is 5.60. The quantitative estimate of drug-likeness (QED) is 0.588. The Labute approximate surface area is 105 Å². The smallest absolute Gasteiger partial charge is 0.335 e. The van der Waals surface area contributed by atoms with Crippen molar-refractivity contribution in [2.45, 2.75) is 12.8 Å². The molecule has 0 radical (unpaired) electrons. The van der Waals surface area contributed by atoms with Crippen LogP contribution in [-0.2, 0) is 9.59 Å². The molecule has 0 saturated carbocycles. The van der Waals surface area contributed by atoms with Gasteiger partial charge in [0.1, 0.15) is 0 Å². The Balaban J connectivity index is 2.20. The second kappa shape index (κ2) is 6.92. The summed E-state index contributed by atoms with van der Waals surface area (Å²) in [5.74, 6) is -1.66. The first-order valence-electron chi connectivity index (χ1n) is 5.73. The van der Waals surface area contributed by atoms with Crippen molar-refractivity contribution in [3.63, 3.8) is 0 Å². The Bertz CT molecular complexity index is 326. The number of nitrogens with zero attached hydrogens (tertiary/aromatic N) is 2. The summed E-state index contributed by atoms with van der Waals surface area (Å²) in [5, 5.41) is 12.2. The van der Waals surface area contributed by atoms with Crippen LogP contribution in [0.15, 0.2) is 0 Å². The van der Waals surface area contributed by atoms with Crippen molar-refractivity contribution in [2.24, 2.45) is 0 Å². The number of amides is 3. The maximum atomic E-state index is 11.4. The van der Waals surface area contributed by atoms with Crippen LogP contribution in [-0.4, -0.2) is 66.1 Å². The number of aliphatic carboxylic acids is 1. The third-order valence-corrected chi connectivity index (χ3v) is 2.58. The topological polar surface area (TPSA) is 102 Å². The molecule has 0 bridgehead atoms. The van der Waals surface area contributed by atoms with Crippen LogP contribution in [0.2, 0.25) is 0 Å². The summed E-state index contributed by atoms with van der Waals surface area (Å²) >= 11 is 0. The molecule has 1 saturated heterocycles. The fourth-order valence-electron chi connectivity index (χ4n) is 1.50.